The van der Waals surface area contributed by atoms with Gasteiger partial charge < -0.3 is 10.1 Å². The van der Waals surface area contributed by atoms with Gasteiger partial charge in [-0.25, -0.2) is 0 Å². The van der Waals surface area contributed by atoms with Crippen LogP contribution in [0, 0.1) is 27.7 Å². The molecule has 1 aromatic heterocycles. The molecule has 0 fully saturated rings. The van der Waals surface area contributed by atoms with Crippen LogP contribution in [0.25, 0.3) is 0 Å². The van der Waals surface area contributed by atoms with Crippen LogP contribution in [-0.4, -0.2) is 19.1 Å². The van der Waals surface area contributed by atoms with Gasteiger partial charge in [-0.15, -0.1) is 0 Å². The molecule has 0 aliphatic heterocycles. The largest absolute Gasteiger partial charge is 0.496 e. The minimum absolute atomic E-state index is 0.0276. The minimum Gasteiger partial charge on any atom is -0.496 e. The monoisotopic (exact) mass is 284 g/mol. The van der Waals surface area contributed by atoms with Crippen LogP contribution in [-0.2, 0) is 0 Å². The SMILES string of the molecule is CNC(c1ccc(C)c(C)c1OC)c1ncc(C)cc1C. The van der Waals surface area contributed by atoms with Crippen LogP contribution >= 0.6 is 0 Å². The molecule has 3 heteroatoms. The summed E-state index contributed by atoms with van der Waals surface area (Å²) in [5.41, 5.74) is 6.96. The Morgan fingerprint density at radius 3 is 2.38 bits per heavy atom. The quantitative estimate of drug-likeness (QED) is 0.931. The second-order valence-electron chi connectivity index (χ2n) is 5.57. The third-order valence-electron chi connectivity index (χ3n) is 4.04. The van der Waals surface area contributed by atoms with Crippen molar-refractivity contribution in [1.29, 1.82) is 0 Å². The molecule has 0 saturated carbocycles. The molecule has 1 N–H and O–H groups in total. The maximum atomic E-state index is 5.66. The van der Waals surface area contributed by atoms with E-state index in [2.05, 4.69) is 56.2 Å². The number of nitrogens with one attached hydrogen (secondary N) is 1. The molecular formula is C18H24N2O. The molecule has 0 bridgehead atoms. The lowest BCUT2D eigenvalue weighted by Crippen LogP contribution is -2.21. The Morgan fingerprint density at radius 2 is 1.81 bits per heavy atom. The van der Waals surface area contributed by atoms with Gasteiger partial charge >= 0.3 is 0 Å². The van der Waals surface area contributed by atoms with E-state index in [0.29, 0.717) is 0 Å². The van der Waals surface area contributed by atoms with E-state index < -0.39 is 0 Å². The molecule has 1 aromatic carbocycles. The van der Waals surface area contributed by atoms with E-state index in [-0.39, 0.29) is 6.04 Å². The molecule has 0 saturated heterocycles. The van der Waals surface area contributed by atoms with Gasteiger partial charge in [0.25, 0.3) is 0 Å². The number of rotatable bonds is 4. The fraction of sp³-hybridized carbons (Fsp3) is 0.389. The molecule has 3 nitrogen and oxygen atoms in total. The highest BCUT2D eigenvalue weighted by molar-refractivity contribution is 5.49. The van der Waals surface area contributed by atoms with Crippen molar-refractivity contribution in [3.05, 3.63) is 57.9 Å². The van der Waals surface area contributed by atoms with E-state index in [1.165, 1.54) is 22.3 Å². The van der Waals surface area contributed by atoms with Gasteiger partial charge in [-0.2, -0.15) is 0 Å². The van der Waals surface area contributed by atoms with Gasteiger partial charge in [-0.1, -0.05) is 18.2 Å². The average molecular weight is 284 g/mol. The van der Waals surface area contributed by atoms with Gasteiger partial charge in [-0.3, -0.25) is 4.98 Å². The fourth-order valence-corrected chi connectivity index (χ4v) is 2.78. The number of ether oxygens (including phenoxy) is 1. The number of hydrogen-bond acceptors (Lipinski definition) is 3. The van der Waals surface area contributed by atoms with E-state index in [0.717, 1.165) is 17.0 Å². The Labute approximate surface area is 127 Å². The normalized spacial score (nSPS) is 12.3. The van der Waals surface area contributed by atoms with Crippen molar-refractivity contribution < 1.29 is 4.74 Å². The molecule has 21 heavy (non-hydrogen) atoms. The maximum Gasteiger partial charge on any atom is 0.127 e. The number of nitrogens with zero attached hydrogens (tertiary/aromatic N) is 1. The van der Waals surface area contributed by atoms with Gasteiger partial charge in [0.05, 0.1) is 18.8 Å². The van der Waals surface area contributed by atoms with Crippen LogP contribution in [0.15, 0.2) is 24.4 Å². The maximum absolute atomic E-state index is 5.66. The van der Waals surface area contributed by atoms with E-state index in [1.807, 2.05) is 13.2 Å². The second-order valence-corrected chi connectivity index (χ2v) is 5.57. The van der Waals surface area contributed by atoms with Crippen LogP contribution in [0.2, 0.25) is 0 Å². The Kier molecular flexibility index (Phi) is 4.63. The third kappa shape index (κ3) is 2.93. The van der Waals surface area contributed by atoms with Crippen molar-refractivity contribution in [3.63, 3.8) is 0 Å². The molecule has 0 aliphatic carbocycles. The summed E-state index contributed by atoms with van der Waals surface area (Å²) >= 11 is 0. The van der Waals surface area contributed by atoms with E-state index in [4.69, 9.17) is 4.74 Å². The number of methoxy groups -OCH3 is 1. The van der Waals surface area contributed by atoms with Crippen molar-refractivity contribution in [2.45, 2.75) is 33.7 Å². The van der Waals surface area contributed by atoms with Crippen molar-refractivity contribution in [3.8, 4) is 5.75 Å². The first-order valence-corrected chi connectivity index (χ1v) is 7.24. The summed E-state index contributed by atoms with van der Waals surface area (Å²) in [5, 5.41) is 3.37. The number of aryl methyl sites for hydroxylation is 3. The smallest absolute Gasteiger partial charge is 0.127 e. The summed E-state index contributed by atoms with van der Waals surface area (Å²) in [6, 6.07) is 6.46. The molecule has 1 unspecified atom stereocenters. The Bertz CT molecular complexity index is 650. The molecule has 0 aliphatic rings. The summed E-state index contributed by atoms with van der Waals surface area (Å²) in [6.07, 6.45) is 1.92. The average Bonchev–Trinajstić information content (AvgIpc) is 2.45. The van der Waals surface area contributed by atoms with Gasteiger partial charge in [0.1, 0.15) is 5.75 Å². The lowest BCUT2D eigenvalue weighted by atomic mass is 9.95. The molecule has 0 spiro atoms. The molecule has 112 valence electrons. The number of pyridine rings is 1. The highest BCUT2D eigenvalue weighted by atomic mass is 16.5. The van der Waals surface area contributed by atoms with Crippen LogP contribution in [0.4, 0.5) is 0 Å². The lowest BCUT2D eigenvalue weighted by Gasteiger charge is -2.22. The van der Waals surface area contributed by atoms with Crippen LogP contribution in [0.5, 0.6) is 5.75 Å². The van der Waals surface area contributed by atoms with E-state index >= 15 is 0 Å². The zero-order chi connectivity index (χ0) is 15.6. The first-order chi connectivity index (χ1) is 9.99. The molecule has 0 amide bonds. The van der Waals surface area contributed by atoms with Gasteiger partial charge in [0.2, 0.25) is 0 Å². The van der Waals surface area contributed by atoms with E-state index in [1.54, 1.807) is 7.11 Å². The number of hydrogen-bond donors (Lipinski definition) is 1. The number of aromatic nitrogens is 1. The molecule has 1 heterocycles. The molecule has 1 atom stereocenters. The summed E-state index contributed by atoms with van der Waals surface area (Å²) in [5.74, 6) is 0.941. The van der Waals surface area contributed by atoms with Gasteiger partial charge in [-0.05, 0) is 57.0 Å². The highest BCUT2D eigenvalue weighted by Crippen LogP contribution is 2.34. The van der Waals surface area contributed by atoms with Crippen molar-refractivity contribution >= 4 is 0 Å². The second kappa shape index (κ2) is 6.27. The van der Waals surface area contributed by atoms with Crippen molar-refractivity contribution in [2.24, 2.45) is 0 Å². The van der Waals surface area contributed by atoms with Crippen molar-refractivity contribution in [1.82, 2.24) is 10.3 Å². The fourth-order valence-electron chi connectivity index (χ4n) is 2.78. The lowest BCUT2D eigenvalue weighted by molar-refractivity contribution is 0.401. The molecule has 0 radical (unpaired) electrons. The zero-order valence-electron chi connectivity index (χ0n) is 13.7. The Hall–Kier alpha value is -1.87. The Balaban J connectivity index is 2.59. The summed E-state index contributed by atoms with van der Waals surface area (Å²) in [4.78, 5) is 4.63. The van der Waals surface area contributed by atoms with Crippen LogP contribution in [0.3, 0.4) is 0 Å². The number of benzene rings is 1. The molecule has 2 rings (SSSR count). The van der Waals surface area contributed by atoms with Gasteiger partial charge in [0, 0.05) is 11.8 Å². The van der Waals surface area contributed by atoms with E-state index in [9.17, 15) is 0 Å². The third-order valence-corrected chi connectivity index (χ3v) is 4.04. The van der Waals surface area contributed by atoms with Gasteiger partial charge in [0.15, 0.2) is 0 Å². The first-order valence-electron chi connectivity index (χ1n) is 7.24. The predicted molar refractivity (Wildman–Crippen MR) is 87.1 cm³/mol. The zero-order valence-corrected chi connectivity index (χ0v) is 13.7. The highest BCUT2D eigenvalue weighted by Gasteiger charge is 2.21. The van der Waals surface area contributed by atoms with Crippen molar-refractivity contribution in [2.75, 3.05) is 14.2 Å². The topological polar surface area (TPSA) is 34.1 Å². The standard InChI is InChI=1S/C18H24N2O/c1-11-9-13(3)16(20-10-11)17(19-5)15-8-7-12(2)14(4)18(15)21-6/h7-10,17,19H,1-6H3. The first kappa shape index (κ1) is 15.5. The summed E-state index contributed by atoms with van der Waals surface area (Å²) < 4.78 is 5.66. The predicted octanol–water partition coefficient (Wildman–Crippen LogP) is 3.63. The van der Waals surface area contributed by atoms with Crippen LogP contribution in [0.1, 0.15) is 39.6 Å². The Morgan fingerprint density at radius 1 is 1.10 bits per heavy atom. The van der Waals surface area contributed by atoms with Crippen LogP contribution < -0.4 is 10.1 Å². The summed E-state index contributed by atoms with van der Waals surface area (Å²) in [7, 11) is 3.69. The molecule has 2 aromatic rings. The summed E-state index contributed by atoms with van der Waals surface area (Å²) in [6.45, 7) is 8.37. The minimum atomic E-state index is 0.0276. The molecular weight excluding hydrogens is 260 g/mol.